The molecule has 0 spiro atoms. The summed E-state index contributed by atoms with van der Waals surface area (Å²) in [6.45, 7) is 0. The Labute approximate surface area is 348 Å². The van der Waals surface area contributed by atoms with E-state index >= 15 is 0 Å². The molecule has 2 aliphatic rings. The van der Waals surface area contributed by atoms with Crippen molar-refractivity contribution in [3.63, 3.8) is 0 Å². The van der Waals surface area contributed by atoms with Crippen LogP contribution in [0.4, 0.5) is 17.1 Å². The van der Waals surface area contributed by atoms with Gasteiger partial charge < -0.3 is 0 Å². The van der Waals surface area contributed by atoms with Crippen LogP contribution >= 0.6 is 0 Å². The van der Waals surface area contributed by atoms with Gasteiger partial charge in [0.05, 0.1) is 33.5 Å². The fourth-order valence-electron chi connectivity index (χ4n) is 9.95. The molecule has 1 aliphatic heterocycles. The predicted molar refractivity (Wildman–Crippen MR) is 245 cm³/mol. The van der Waals surface area contributed by atoms with Gasteiger partial charge in [0.1, 0.15) is 5.82 Å². The van der Waals surface area contributed by atoms with Crippen LogP contribution < -0.4 is 10.1 Å². The van der Waals surface area contributed by atoms with Crippen LogP contribution in [0.1, 0.15) is 22.3 Å². The molecule has 0 saturated carbocycles. The van der Waals surface area contributed by atoms with Gasteiger partial charge in [-0.1, -0.05) is 158 Å². The molecule has 0 amide bonds. The maximum atomic E-state index is 6.40. The fraction of sp³-hybridized carbons (Fsp3) is 0.0364. The van der Waals surface area contributed by atoms with Gasteiger partial charge in [-0.25, -0.2) is 10.0 Å². The summed E-state index contributed by atoms with van der Waals surface area (Å²) in [4.78, 5) is 11.5. The molecule has 0 atom stereocenters. The molecule has 8 aromatic carbocycles. The Bertz CT molecular complexity index is 3250. The quantitative estimate of drug-likeness (QED) is 0.169. The number of anilines is 3. The van der Waals surface area contributed by atoms with Crippen molar-refractivity contribution in [1.29, 1.82) is 0 Å². The minimum absolute atomic E-state index is 0.645. The van der Waals surface area contributed by atoms with Crippen LogP contribution in [0, 0.1) is 0 Å². The smallest absolute Gasteiger partial charge is 0.138 e. The summed E-state index contributed by atoms with van der Waals surface area (Å²) < 4.78 is 2.35. The van der Waals surface area contributed by atoms with Gasteiger partial charge >= 0.3 is 0 Å². The number of para-hydroxylation sites is 3. The van der Waals surface area contributed by atoms with Crippen LogP contribution in [0.5, 0.6) is 0 Å². The molecule has 10 aromatic rings. The molecule has 0 bridgehead atoms. The first kappa shape index (κ1) is 34.3. The molecular formula is C55H38N4O. The van der Waals surface area contributed by atoms with Crippen LogP contribution in [-0.2, 0) is 10.4 Å². The Kier molecular flexibility index (Phi) is 7.67. The second-order valence-corrected chi connectivity index (χ2v) is 15.7. The van der Waals surface area contributed by atoms with Crippen LogP contribution in [0.25, 0.3) is 61.0 Å². The van der Waals surface area contributed by atoms with E-state index in [9.17, 15) is 0 Å². The molecule has 0 unspecified atom stereocenters. The minimum atomic E-state index is -0.645. The average Bonchev–Trinajstić information content (AvgIpc) is 3.95. The zero-order valence-corrected chi connectivity index (χ0v) is 32.9. The monoisotopic (exact) mass is 770 g/mol. The molecule has 284 valence electrons. The number of aromatic nitrogens is 2. The van der Waals surface area contributed by atoms with Crippen molar-refractivity contribution in [1.82, 2.24) is 9.55 Å². The highest BCUT2D eigenvalue weighted by molar-refractivity contribution is 6.09. The molecule has 0 saturated heterocycles. The van der Waals surface area contributed by atoms with E-state index < -0.39 is 5.41 Å². The largest absolute Gasteiger partial charge is 0.294 e. The maximum absolute atomic E-state index is 6.40. The number of nitrogens with zero attached hydrogens (tertiary/aromatic N) is 4. The molecule has 0 fully saturated rings. The molecule has 12 rings (SSSR count). The van der Waals surface area contributed by atoms with Crippen molar-refractivity contribution in [3.05, 3.63) is 235 Å². The molecular weight excluding hydrogens is 733 g/mol. The van der Waals surface area contributed by atoms with Crippen LogP contribution in [0.3, 0.4) is 0 Å². The summed E-state index contributed by atoms with van der Waals surface area (Å²) in [7, 11) is 1.95. The minimum Gasteiger partial charge on any atom is -0.294 e. The third-order valence-electron chi connectivity index (χ3n) is 12.5. The van der Waals surface area contributed by atoms with Gasteiger partial charge in [0.2, 0.25) is 0 Å². The van der Waals surface area contributed by atoms with E-state index in [0.717, 1.165) is 45.0 Å². The lowest BCUT2D eigenvalue weighted by molar-refractivity contribution is 0.142. The Hall–Kier alpha value is -7.73. The Morgan fingerprint density at radius 2 is 1.07 bits per heavy atom. The van der Waals surface area contributed by atoms with Crippen LogP contribution in [0.15, 0.2) is 212 Å². The van der Waals surface area contributed by atoms with Crippen LogP contribution in [0.2, 0.25) is 0 Å². The fourth-order valence-corrected chi connectivity index (χ4v) is 9.95. The summed E-state index contributed by atoms with van der Waals surface area (Å²) in [5, 5.41) is 6.14. The second kappa shape index (κ2) is 13.4. The zero-order valence-electron chi connectivity index (χ0n) is 32.9. The summed E-state index contributed by atoms with van der Waals surface area (Å²) in [5.74, 6) is 0.871. The second-order valence-electron chi connectivity index (χ2n) is 15.7. The van der Waals surface area contributed by atoms with Crippen LogP contribution in [-0.4, -0.2) is 16.6 Å². The lowest BCUT2D eigenvalue weighted by Crippen LogP contribution is -2.29. The Morgan fingerprint density at radius 3 is 1.85 bits per heavy atom. The van der Waals surface area contributed by atoms with Gasteiger partial charge in [0, 0.05) is 24.0 Å². The highest BCUT2D eigenvalue weighted by atomic mass is 16.8. The first-order valence-corrected chi connectivity index (χ1v) is 20.4. The molecule has 5 heteroatoms. The topological polar surface area (TPSA) is 33.5 Å². The number of fused-ring (bicyclic) bond motifs is 7. The van der Waals surface area contributed by atoms with E-state index in [-0.39, 0.29) is 0 Å². The summed E-state index contributed by atoms with van der Waals surface area (Å²) >= 11 is 0. The van der Waals surface area contributed by atoms with E-state index in [4.69, 9.17) is 9.92 Å². The van der Waals surface area contributed by atoms with Gasteiger partial charge in [-0.3, -0.25) is 4.57 Å². The number of benzene rings is 8. The van der Waals surface area contributed by atoms with Crippen molar-refractivity contribution >= 4 is 38.9 Å². The molecule has 60 heavy (non-hydrogen) atoms. The van der Waals surface area contributed by atoms with Gasteiger partial charge in [0.25, 0.3) is 0 Å². The van der Waals surface area contributed by atoms with E-state index in [1.54, 1.807) is 0 Å². The Balaban J connectivity index is 1.10. The average molecular weight is 771 g/mol. The van der Waals surface area contributed by atoms with Crippen molar-refractivity contribution in [2.75, 3.05) is 17.2 Å². The molecule has 3 heterocycles. The molecule has 5 nitrogen and oxygen atoms in total. The van der Waals surface area contributed by atoms with Gasteiger partial charge in [-0.15, -0.1) is 4.94 Å². The molecule has 1 aliphatic carbocycles. The number of rotatable bonds is 6. The van der Waals surface area contributed by atoms with Gasteiger partial charge in [-0.2, -0.15) is 5.06 Å². The summed E-state index contributed by atoms with van der Waals surface area (Å²) in [5.41, 5.74) is 16.5. The van der Waals surface area contributed by atoms with E-state index in [0.29, 0.717) is 0 Å². The van der Waals surface area contributed by atoms with Gasteiger partial charge in [-0.05, 0) is 104 Å². The standard InChI is InChI=1S/C55H38N4O/c1-57-51-28-13-14-29-52(51)59(60-57)41-19-15-18-39(35-41)55(48-25-10-7-22-44(48)45-23-8-11-26-49(45)55)40-30-31-47-46-24-9-12-27-50(46)58(53(47)36-40)54-34-38(32-33-56-54)43-21-6-5-20-42(43)37-16-3-2-4-17-37/h2-36H,1H3. The van der Waals surface area contributed by atoms with E-state index in [1.165, 1.54) is 55.3 Å². The van der Waals surface area contributed by atoms with E-state index in [1.807, 2.05) is 29.4 Å². The number of hydroxylamine groups is 1. The molecule has 0 N–H and O–H groups in total. The first-order chi connectivity index (χ1) is 29.7. The Morgan fingerprint density at radius 1 is 0.450 bits per heavy atom. The van der Waals surface area contributed by atoms with Crippen molar-refractivity contribution in [2.45, 2.75) is 5.41 Å². The number of hydrogen-bond acceptors (Lipinski definition) is 4. The lowest BCUT2D eigenvalue weighted by atomic mass is 9.67. The SMILES string of the molecule is CN1ON(c2cccc(C3(c4ccc5c6ccccc6n(-c6cc(-c7ccccc7-c7ccccc7)ccn6)c5c4)c4ccccc4-c4ccccc43)c2)c2ccccc21. The summed E-state index contributed by atoms with van der Waals surface area (Å²) in [6, 6.07) is 74.4. The maximum Gasteiger partial charge on any atom is 0.138 e. The summed E-state index contributed by atoms with van der Waals surface area (Å²) in [6.07, 6.45) is 1.95. The zero-order chi connectivity index (χ0) is 39.8. The third kappa shape index (κ3) is 5.00. The molecule has 0 radical (unpaired) electrons. The predicted octanol–water partition coefficient (Wildman–Crippen LogP) is 13.3. The highest BCUT2D eigenvalue weighted by Gasteiger charge is 2.46. The first-order valence-electron chi connectivity index (χ1n) is 20.4. The number of pyridine rings is 1. The van der Waals surface area contributed by atoms with Crippen molar-refractivity contribution in [2.24, 2.45) is 0 Å². The lowest BCUT2D eigenvalue weighted by Gasteiger charge is -2.34. The van der Waals surface area contributed by atoms with Crippen molar-refractivity contribution < 1.29 is 4.94 Å². The highest BCUT2D eigenvalue weighted by Crippen LogP contribution is 2.57. The van der Waals surface area contributed by atoms with Gasteiger partial charge in [0.15, 0.2) is 0 Å². The van der Waals surface area contributed by atoms with E-state index in [2.05, 4.69) is 205 Å². The number of hydrogen-bond donors (Lipinski definition) is 0. The van der Waals surface area contributed by atoms with Crippen molar-refractivity contribution in [3.8, 4) is 39.2 Å². The normalized spacial score (nSPS) is 13.8. The molecule has 2 aromatic heterocycles. The third-order valence-corrected chi connectivity index (χ3v) is 12.5.